The minimum atomic E-state index is -0.439. The second-order valence-electron chi connectivity index (χ2n) is 6.46. The van der Waals surface area contributed by atoms with E-state index < -0.39 is 11.2 Å². The van der Waals surface area contributed by atoms with Crippen molar-refractivity contribution in [1.82, 2.24) is 23.7 Å². The zero-order chi connectivity index (χ0) is 20.6. The van der Waals surface area contributed by atoms with Crippen LogP contribution in [-0.4, -0.2) is 35.4 Å². The molecule has 0 fully saturated rings. The van der Waals surface area contributed by atoms with Crippen molar-refractivity contribution in [3.63, 3.8) is 0 Å². The first-order valence-electron chi connectivity index (χ1n) is 8.59. The van der Waals surface area contributed by atoms with Gasteiger partial charge in [-0.05, 0) is 13.3 Å². The summed E-state index contributed by atoms with van der Waals surface area (Å²) in [7, 11) is 2.97. The molecule has 0 aromatic carbocycles. The lowest BCUT2D eigenvalue weighted by molar-refractivity contribution is -0.116. The number of Topliss-reactive ketones (excluding diaryl/α,β-unsaturated/α-hetero) is 1. The fourth-order valence-electron chi connectivity index (χ4n) is 2.93. The summed E-state index contributed by atoms with van der Waals surface area (Å²) in [6, 6.07) is 0. The van der Waals surface area contributed by atoms with E-state index in [0.29, 0.717) is 39.8 Å². The van der Waals surface area contributed by atoms with E-state index in [2.05, 4.69) is 15.3 Å². The smallest absolute Gasteiger partial charge is 0.325 e. The highest BCUT2D eigenvalue weighted by molar-refractivity contribution is 7.17. The quantitative estimate of drug-likeness (QED) is 0.607. The van der Waals surface area contributed by atoms with Gasteiger partial charge in [0.2, 0.25) is 5.91 Å². The first kappa shape index (κ1) is 19.7. The number of thiazole rings is 1. The minimum Gasteiger partial charge on any atom is -0.325 e. The summed E-state index contributed by atoms with van der Waals surface area (Å²) in [6.45, 7) is 3.58. The molecule has 1 N–H and O–H groups in total. The van der Waals surface area contributed by atoms with E-state index in [4.69, 9.17) is 0 Å². The SMILES string of the molecule is CC(=O)c1sc(NC(=O)CCCn2cnc3c2c(=O)n(C)c(=O)n3C)nc1C. The molecule has 0 spiro atoms. The lowest BCUT2D eigenvalue weighted by atomic mass is 10.3. The molecular formula is C17H20N6O4S. The number of aromatic nitrogens is 5. The van der Waals surface area contributed by atoms with Gasteiger partial charge in [0, 0.05) is 34.0 Å². The van der Waals surface area contributed by atoms with Crippen LogP contribution in [-0.2, 0) is 25.4 Å². The van der Waals surface area contributed by atoms with Crippen molar-refractivity contribution in [1.29, 1.82) is 0 Å². The Labute approximate surface area is 163 Å². The summed E-state index contributed by atoms with van der Waals surface area (Å²) in [4.78, 5) is 56.8. The summed E-state index contributed by atoms with van der Waals surface area (Å²) in [6.07, 6.45) is 2.17. The van der Waals surface area contributed by atoms with Gasteiger partial charge in [-0.15, -0.1) is 0 Å². The van der Waals surface area contributed by atoms with Crippen molar-refractivity contribution in [2.75, 3.05) is 5.32 Å². The number of nitrogens with zero attached hydrogens (tertiary/aromatic N) is 5. The van der Waals surface area contributed by atoms with Crippen molar-refractivity contribution in [3.8, 4) is 0 Å². The highest BCUT2D eigenvalue weighted by Crippen LogP contribution is 2.23. The number of imidazole rings is 1. The van der Waals surface area contributed by atoms with E-state index in [-0.39, 0.29) is 18.1 Å². The van der Waals surface area contributed by atoms with E-state index >= 15 is 0 Å². The Balaban J connectivity index is 1.68. The lowest BCUT2D eigenvalue weighted by Gasteiger charge is -2.06. The molecule has 0 unspecified atom stereocenters. The number of hydrogen-bond acceptors (Lipinski definition) is 7. The molecule has 28 heavy (non-hydrogen) atoms. The Morgan fingerprint density at radius 1 is 1.21 bits per heavy atom. The number of anilines is 1. The van der Waals surface area contributed by atoms with Crippen molar-refractivity contribution in [2.45, 2.75) is 33.2 Å². The van der Waals surface area contributed by atoms with Crippen LogP contribution in [0.1, 0.15) is 35.1 Å². The Morgan fingerprint density at radius 2 is 1.93 bits per heavy atom. The van der Waals surface area contributed by atoms with Crippen LogP contribution in [0.15, 0.2) is 15.9 Å². The van der Waals surface area contributed by atoms with Gasteiger partial charge in [0.15, 0.2) is 22.1 Å². The molecular weight excluding hydrogens is 384 g/mol. The van der Waals surface area contributed by atoms with Crippen LogP contribution in [0.3, 0.4) is 0 Å². The number of carbonyl (C=O) groups excluding carboxylic acids is 2. The second-order valence-corrected chi connectivity index (χ2v) is 7.46. The predicted molar refractivity (Wildman–Crippen MR) is 105 cm³/mol. The largest absolute Gasteiger partial charge is 0.332 e. The zero-order valence-electron chi connectivity index (χ0n) is 16.0. The van der Waals surface area contributed by atoms with Crippen molar-refractivity contribution in [2.24, 2.45) is 14.1 Å². The number of aryl methyl sites for hydroxylation is 3. The normalized spacial score (nSPS) is 11.1. The molecule has 0 saturated heterocycles. The summed E-state index contributed by atoms with van der Waals surface area (Å²) in [5.41, 5.74) is 0.374. The van der Waals surface area contributed by atoms with Crippen LogP contribution < -0.4 is 16.6 Å². The fourth-order valence-corrected chi connectivity index (χ4v) is 3.81. The maximum atomic E-state index is 12.4. The van der Waals surface area contributed by atoms with Crippen LogP contribution in [0.2, 0.25) is 0 Å². The van der Waals surface area contributed by atoms with Crippen LogP contribution in [0.5, 0.6) is 0 Å². The molecule has 0 radical (unpaired) electrons. The van der Waals surface area contributed by atoms with Gasteiger partial charge in [-0.25, -0.2) is 14.8 Å². The topological polar surface area (TPSA) is 121 Å². The molecule has 0 aliphatic heterocycles. The van der Waals surface area contributed by atoms with Gasteiger partial charge < -0.3 is 9.88 Å². The number of nitrogens with one attached hydrogen (secondary N) is 1. The Morgan fingerprint density at radius 3 is 2.57 bits per heavy atom. The second kappa shape index (κ2) is 7.50. The third-order valence-electron chi connectivity index (χ3n) is 4.38. The van der Waals surface area contributed by atoms with Crippen LogP contribution in [0.25, 0.3) is 11.2 Å². The van der Waals surface area contributed by atoms with Gasteiger partial charge in [-0.1, -0.05) is 11.3 Å². The third-order valence-corrected chi connectivity index (χ3v) is 5.56. The van der Waals surface area contributed by atoms with Crippen molar-refractivity contribution >= 4 is 39.3 Å². The molecule has 10 nitrogen and oxygen atoms in total. The van der Waals surface area contributed by atoms with Gasteiger partial charge >= 0.3 is 5.69 Å². The van der Waals surface area contributed by atoms with Crippen molar-refractivity contribution < 1.29 is 9.59 Å². The molecule has 148 valence electrons. The average Bonchev–Trinajstić information content (AvgIpc) is 3.21. The summed E-state index contributed by atoms with van der Waals surface area (Å²) >= 11 is 1.15. The van der Waals surface area contributed by atoms with Gasteiger partial charge in [0.1, 0.15) is 0 Å². The highest BCUT2D eigenvalue weighted by Gasteiger charge is 2.15. The Bertz CT molecular complexity index is 1200. The number of amides is 1. The molecule has 0 aliphatic rings. The van der Waals surface area contributed by atoms with E-state index in [1.54, 1.807) is 18.5 Å². The maximum Gasteiger partial charge on any atom is 0.332 e. The van der Waals surface area contributed by atoms with E-state index in [0.717, 1.165) is 15.9 Å². The van der Waals surface area contributed by atoms with E-state index in [9.17, 15) is 19.2 Å². The Hall–Kier alpha value is -3.08. The lowest BCUT2D eigenvalue weighted by Crippen LogP contribution is -2.37. The van der Waals surface area contributed by atoms with Gasteiger partial charge in [0.05, 0.1) is 16.9 Å². The molecule has 3 aromatic heterocycles. The number of ketones is 1. The van der Waals surface area contributed by atoms with E-state index in [1.807, 2.05) is 0 Å². The molecule has 0 aliphatic carbocycles. The minimum absolute atomic E-state index is 0.0848. The molecule has 3 aromatic rings. The standard InChI is InChI=1S/C17H20N6O4S/c1-9-13(10(2)24)28-16(19-9)20-11(25)6-5-7-23-8-18-14-12(23)15(26)22(4)17(27)21(14)3/h8H,5-7H2,1-4H3,(H,19,20,25). The molecule has 11 heteroatoms. The molecule has 0 bridgehead atoms. The molecule has 3 rings (SSSR count). The van der Waals surface area contributed by atoms with Crippen molar-refractivity contribution in [3.05, 3.63) is 37.7 Å². The number of fused-ring (bicyclic) bond motifs is 1. The van der Waals surface area contributed by atoms with Crippen LogP contribution in [0, 0.1) is 6.92 Å². The van der Waals surface area contributed by atoms with E-state index in [1.165, 1.54) is 24.9 Å². The molecule has 1 amide bonds. The number of hydrogen-bond donors (Lipinski definition) is 1. The number of carbonyl (C=O) groups is 2. The van der Waals surface area contributed by atoms with Gasteiger partial charge in [0.25, 0.3) is 5.56 Å². The third kappa shape index (κ3) is 3.52. The molecule has 3 heterocycles. The summed E-state index contributed by atoms with van der Waals surface area (Å²) < 4.78 is 3.99. The first-order chi connectivity index (χ1) is 13.2. The molecule has 0 atom stereocenters. The Kier molecular flexibility index (Phi) is 5.27. The predicted octanol–water partition coefficient (Wildman–Crippen LogP) is 0.820. The van der Waals surface area contributed by atoms with Crippen LogP contribution >= 0.6 is 11.3 Å². The average molecular weight is 404 g/mol. The highest BCUT2D eigenvalue weighted by atomic mass is 32.1. The van der Waals surface area contributed by atoms with Gasteiger partial charge in [-0.3, -0.25) is 23.5 Å². The maximum absolute atomic E-state index is 12.4. The first-order valence-corrected chi connectivity index (χ1v) is 9.41. The number of rotatable bonds is 6. The molecule has 0 saturated carbocycles. The monoisotopic (exact) mass is 404 g/mol. The fraction of sp³-hybridized carbons (Fsp3) is 0.412. The summed E-state index contributed by atoms with van der Waals surface area (Å²) in [5, 5.41) is 3.09. The van der Waals surface area contributed by atoms with Crippen LogP contribution in [0.4, 0.5) is 5.13 Å². The summed E-state index contributed by atoms with van der Waals surface area (Å²) in [5.74, 6) is -0.313. The van der Waals surface area contributed by atoms with Gasteiger partial charge in [-0.2, -0.15) is 0 Å². The zero-order valence-corrected chi connectivity index (χ0v) is 16.8.